The van der Waals surface area contributed by atoms with Crippen LogP contribution in [0.15, 0.2) is 22.7 Å². The zero-order chi connectivity index (χ0) is 12.8. The molecule has 96 valence electrons. The van der Waals surface area contributed by atoms with Crippen LogP contribution in [0.5, 0.6) is 0 Å². The Bertz CT molecular complexity index is 364. The summed E-state index contributed by atoms with van der Waals surface area (Å²) in [4.78, 5) is 2.04. The van der Waals surface area contributed by atoms with E-state index in [0.29, 0.717) is 24.2 Å². The third-order valence-corrected chi connectivity index (χ3v) is 3.48. The number of nitrogens with zero attached hydrogens (tertiary/aromatic N) is 1. The van der Waals surface area contributed by atoms with Crippen LogP contribution in [-0.2, 0) is 11.3 Å². The highest BCUT2D eigenvalue weighted by Gasteiger charge is 2.11. The van der Waals surface area contributed by atoms with Gasteiger partial charge in [0.2, 0.25) is 0 Å². The molecule has 1 aromatic rings. The molecule has 0 heterocycles. The van der Waals surface area contributed by atoms with Crippen molar-refractivity contribution < 1.29 is 9.13 Å². The number of methoxy groups -OCH3 is 1. The predicted molar refractivity (Wildman–Crippen MR) is 72.0 cm³/mol. The quantitative estimate of drug-likeness (QED) is 0.745. The van der Waals surface area contributed by atoms with Crippen LogP contribution in [0.1, 0.15) is 5.56 Å². The summed E-state index contributed by atoms with van der Waals surface area (Å²) in [6.07, 6.45) is 0. The van der Waals surface area contributed by atoms with E-state index in [2.05, 4.69) is 15.9 Å². The molecule has 0 saturated heterocycles. The van der Waals surface area contributed by atoms with Crippen LogP contribution in [0.3, 0.4) is 0 Å². The molecule has 17 heavy (non-hydrogen) atoms. The van der Waals surface area contributed by atoms with Gasteiger partial charge in [-0.15, -0.1) is 11.6 Å². The molecule has 0 aromatic heterocycles. The van der Waals surface area contributed by atoms with Crippen molar-refractivity contribution in [3.05, 3.63) is 34.1 Å². The summed E-state index contributed by atoms with van der Waals surface area (Å²) in [7, 11) is 3.57. The second-order valence-electron chi connectivity index (χ2n) is 3.96. The second-order valence-corrected chi connectivity index (χ2v) is 5.37. The van der Waals surface area contributed by atoms with E-state index < -0.39 is 0 Å². The Hall–Kier alpha value is -0.160. The highest BCUT2D eigenvalue weighted by molar-refractivity contribution is 9.10. The normalized spacial score (nSPS) is 13.1. The van der Waals surface area contributed by atoms with Gasteiger partial charge in [0.05, 0.1) is 16.5 Å². The number of ether oxygens (including phenoxy) is 1. The molecule has 5 heteroatoms. The fourth-order valence-electron chi connectivity index (χ4n) is 1.60. The Morgan fingerprint density at radius 3 is 2.88 bits per heavy atom. The van der Waals surface area contributed by atoms with E-state index in [1.807, 2.05) is 18.0 Å². The van der Waals surface area contributed by atoms with Crippen molar-refractivity contribution in [1.29, 1.82) is 0 Å². The largest absolute Gasteiger partial charge is 0.383 e. The number of rotatable bonds is 6. The number of benzene rings is 1. The summed E-state index contributed by atoms with van der Waals surface area (Å²) in [5.74, 6) is -0.241. The summed E-state index contributed by atoms with van der Waals surface area (Å²) in [6, 6.07) is 5.03. The van der Waals surface area contributed by atoms with Crippen LogP contribution in [0.2, 0.25) is 0 Å². The molecule has 0 aliphatic carbocycles. The van der Waals surface area contributed by atoms with E-state index in [4.69, 9.17) is 16.3 Å². The Morgan fingerprint density at radius 1 is 1.53 bits per heavy atom. The number of alkyl halides is 1. The van der Waals surface area contributed by atoms with Crippen molar-refractivity contribution in [2.45, 2.75) is 11.9 Å². The minimum Gasteiger partial charge on any atom is -0.383 e. The summed E-state index contributed by atoms with van der Waals surface area (Å²) in [6.45, 7) is 1.85. The van der Waals surface area contributed by atoms with Gasteiger partial charge in [0.1, 0.15) is 5.82 Å². The minimum atomic E-state index is -0.241. The highest BCUT2D eigenvalue weighted by Crippen LogP contribution is 2.21. The Balaban J connectivity index is 2.56. The van der Waals surface area contributed by atoms with Crippen molar-refractivity contribution in [3.63, 3.8) is 0 Å². The van der Waals surface area contributed by atoms with Gasteiger partial charge in [-0.1, -0.05) is 12.1 Å². The molecule has 0 bridgehead atoms. The zero-order valence-electron chi connectivity index (χ0n) is 9.92. The maximum Gasteiger partial charge on any atom is 0.137 e. The van der Waals surface area contributed by atoms with Gasteiger partial charge < -0.3 is 9.64 Å². The van der Waals surface area contributed by atoms with Crippen LogP contribution in [0.25, 0.3) is 0 Å². The first-order valence-corrected chi connectivity index (χ1v) is 6.52. The van der Waals surface area contributed by atoms with Crippen molar-refractivity contribution in [2.24, 2.45) is 0 Å². The fraction of sp³-hybridized carbons (Fsp3) is 0.500. The molecular formula is C12H16BrClFNO. The van der Waals surface area contributed by atoms with Crippen LogP contribution in [0.4, 0.5) is 4.39 Å². The lowest BCUT2D eigenvalue weighted by Crippen LogP contribution is -2.28. The predicted octanol–water partition coefficient (Wildman–Crippen LogP) is 3.27. The van der Waals surface area contributed by atoms with Gasteiger partial charge in [-0.3, -0.25) is 0 Å². The number of hydrogen-bond donors (Lipinski definition) is 0. The lowest BCUT2D eigenvalue weighted by molar-refractivity contribution is 0.181. The molecule has 0 aliphatic heterocycles. The van der Waals surface area contributed by atoms with Crippen molar-refractivity contribution in [3.8, 4) is 0 Å². The molecule has 1 atom stereocenters. The van der Waals surface area contributed by atoms with E-state index in [1.54, 1.807) is 13.2 Å². The molecule has 2 nitrogen and oxygen atoms in total. The van der Waals surface area contributed by atoms with Gasteiger partial charge in [-0.05, 0) is 34.6 Å². The molecule has 0 fully saturated rings. The van der Waals surface area contributed by atoms with Crippen molar-refractivity contribution >= 4 is 27.5 Å². The standard InChI is InChI=1S/C12H16BrClFNO/c1-16(7-10(14)8-17-2)6-9-4-3-5-11(15)12(9)13/h3-5,10H,6-8H2,1-2H3. The van der Waals surface area contributed by atoms with E-state index in [0.717, 1.165) is 5.56 Å². The lowest BCUT2D eigenvalue weighted by Gasteiger charge is -2.20. The maximum absolute atomic E-state index is 13.3. The molecule has 0 saturated carbocycles. The molecule has 1 rings (SSSR count). The Morgan fingerprint density at radius 2 is 2.24 bits per heavy atom. The summed E-state index contributed by atoms with van der Waals surface area (Å²) < 4.78 is 18.8. The fourth-order valence-corrected chi connectivity index (χ4v) is 2.35. The van der Waals surface area contributed by atoms with Gasteiger partial charge >= 0.3 is 0 Å². The summed E-state index contributed by atoms with van der Waals surface area (Å²) in [5, 5.41) is -0.0580. The topological polar surface area (TPSA) is 12.5 Å². The van der Waals surface area contributed by atoms with E-state index in [9.17, 15) is 4.39 Å². The second kappa shape index (κ2) is 7.31. The van der Waals surface area contributed by atoms with Gasteiger partial charge in [-0.25, -0.2) is 4.39 Å². The van der Waals surface area contributed by atoms with Crippen LogP contribution in [0, 0.1) is 5.82 Å². The highest BCUT2D eigenvalue weighted by atomic mass is 79.9. The van der Waals surface area contributed by atoms with Gasteiger partial charge in [-0.2, -0.15) is 0 Å². The third-order valence-electron chi connectivity index (χ3n) is 2.33. The van der Waals surface area contributed by atoms with Crippen molar-refractivity contribution in [1.82, 2.24) is 4.90 Å². The average Bonchev–Trinajstić information content (AvgIpc) is 2.25. The van der Waals surface area contributed by atoms with Crippen LogP contribution < -0.4 is 0 Å². The minimum absolute atomic E-state index is 0.0580. The smallest absolute Gasteiger partial charge is 0.137 e. The van der Waals surface area contributed by atoms with Gasteiger partial charge in [0.25, 0.3) is 0 Å². The number of hydrogen-bond acceptors (Lipinski definition) is 2. The lowest BCUT2D eigenvalue weighted by atomic mass is 10.2. The zero-order valence-corrected chi connectivity index (χ0v) is 12.3. The Kier molecular flexibility index (Phi) is 6.41. The molecule has 0 aliphatic rings. The van der Waals surface area contributed by atoms with E-state index >= 15 is 0 Å². The third kappa shape index (κ3) is 4.92. The molecule has 1 aromatic carbocycles. The van der Waals surface area contributed by atoms with Crippen LogP contribution >= 0.6 is 27.5 Å². The van der Waals surface area contributed by atoms with Crippen LogP contribution in [-0.4, -0.2) is 37.6 Å². The molecule has 0 spiro atoms. The molecule has 0 amide bonds. The van der Waals surface area contributed by atoms with Crippen molar-refractivity contribution in [2.75, 3.05) is 27.3 Å². The van der Waals surface area contributed by atoms with E-state index in [1.165, 1.54) is 6.07 Å². The number of halogens is 3. The first-order chi connectivity index (χ1) is 8.04. The maximum atomic E-state index is 13.3. The van der Waals surface area contributed by atoms with Gasteiger partial charge in [0, 0.05) is 20.2 Å². The first kappa shape index (κ1) is 14.9. The molecule has 1 unspecified atom stereocenters. The molecule has 0 N–H and O–H groups in total. The molecular weight excluding hydrogens is 308 g/mol. The van der Waals surface area contributed by atoms with Gasteiger partial charge in [0.15, 0.2) is 0 Å². The average molecular weight is 325 g/mol. The summed E-state index contributed by atoms with van der Waals surface area (Å²) >= 11 is 9.31. The van der Waals surface area contributed by atoms with E-state index in [-0.39, 0.29) is 11.2 Å². The Labute approximate surface area is 115 Å². The monoisotopic (exact) mass is 323 g/mol. The molecule has 0 radical (unpaired) electrons. The SMILES string of the molecule is COCC(Cl)CN(C)Cc1cccc(F)c1Br. The first-order valence-electron chi connectivity index (χ1n) is 5.29. The summed E-state index contributed by atoms with van der Waals surface area (Å²) in [5.41, 5.74) is 0.911.